The predicted molar refractivity (Wildman–Crippen MR) is 55.7 cm³/mol. The van der Waals surface area contributed by atoms with Crippen molar-refractivity contribution < 1.29 is 45.3 Å². The molecule has 0 saturated carbocycles. The molecule has 2 atom stereocenters. The van der Waals surface area contributed by atoms with Gasteiger partial charge >= 0.3 is 22.7 Å². The highest BCUT2D eigenvalue weighted by Gasteiger charge is 2.69. The molecular weight excluding hydrogens is 300 g/mol. The van der Waals surface area contributed by atoms with Gasteiger partial charge in [-0.15, -0.1) is 0 Å². The molecule has 3 fully saturated rings. The van der Waals surface area contributed by atoms with Gasteiger partial charge in [0.15, 0.2) is 5.60 Å². The second-order valence-corrected chi connectivity index (χ2v) is 5.91. The highest BCUT2D eigenvalue weighted by molar-refractivity contribution is 7.82. The van der Waals surface area contributed by atoms with E-state index in [1.165, 1.54) is 6.92 Å². The Kier molecular flexibility index (Phi) is 2.65. The molecule has 3 aliphatic rings. The van der Waals surface area contributed by atoms with Crippen molar-refractivity contribution in [3.63, 3.8) is 0 Å². The average Bonchev–Trinajstić information content (AvgIpc) is 2.83. The van der Waals surface area contributed by atoms with Crippen LogP contribution >= 0.6 is 0 Å². The smallest absolute Gasteiger partial charge is 0.430 e. The van der Waals surface area contributed by atoms with Crippen molar-refractivity contribution in [2.75, 3.05) is 19.8 Å². The van der Waals surface area contributed by atoms with E-state index in [1.807, 2.05) is 0 Å². The van der Waals surface area contributed by atoms with Crippen molar-refractivity contribution >= 4 is 22.7 Å². The summed E-state index contributed by atoms with van der Waals surface area (Å²) in [6, 6.07) is 0. The SMILES string of the molecule is CC1(C2COS(=O)(=O)O2)OC(=O)OC12COC(=O)OC2. The second-order valence-electron chi connectivity index (χ2n) is 4.66. The first-order chi connectivity index (χ1) is 9.26. The number of hydrogen-bond acceptors (Lipinski definition) is 10. The van der Waals surface area contributed by atoms with Crippen molar-refractivity contribution in [3.05, 3.63) is 0 Å². The average molecular weight is 310 g/mol. The van der Waals surface area contributed by atoms with Crippen molar-refractivity contribution in [1.29, 1.82) is 0 Å². The van der Waals surface area contributed by atoms with Crippen LogP contribution in [0.25, 0.3) is 0 Å². The van der Waals surface area contributed by atoms with E-state index >= 15 is 0 Å². The summed E-state index contributed by atoms with van der Waals surface area (Å²) in [6.07, 6.45) is -3.10. The minimum atomic E-state index is -4.15. The number of carbonyl (C=O) groups excluding carboxylic acids is 2. The summed E-state index contributed by atoms with van der Waals surface area (Å²) in [5.74, 6) is 0. The van der Waals surface area contributed by atoms with E-state index in [-0.39, 0.29) is 19.8 Å². The first-order valence-electron chi connectivity index (χ1n) is 5.56. The molecule has 0 aromatic heterocycles. The van der Waals surface area contributed by atoms with E-state index in [1.54, 1.807) is 0 Å². The lowest BCUT2D eigenvalue weighted by Crippen LogP contribution is -2.64. The van der Waals surface area contributed by atoms with Gasteiger partial charge < -0.3 is 18.9 Å². The molecule has 3 aliphatic heterocycles. The summed E-state index contributed by atoms with van der Waals surface area (Å²) in [7, 11) is -4.15. The van der Waals surface area contributed by atoms with E-state index in [9.17, 15) is 18.0 Å². The number of hydrogen-bond donors (Lipinski definition) is 0. The minimum Gasteiger partial charge on any atom is -0.430 e. The van der Waals surface area contributed by atoms with Crippen LogP contribution in [0, 0.1) is 0 Å². The summed E-state index contributed by atoms with van der Waals surface area (Å²) in [5.41, 5.74) is -3.04. The van der Waals surface area contributed by atoms with Gasteiger partial charge in [-0.05, 0) is 6.92 Å². The van der Waals surface area contributed by atoms with E-state index in [0.717, 1.165) is 0 Å². The van der Waals surface area contributed by atoms with Crippen LogP contribution < -0.4 is 0 Å². The Balaban J connectivity index is 1.93. The van der Waals surface area contributed by atoms with Crippen LogP contribution in [0.4, 0.5) is 9.59 Å². The summed E-state index contributed by atoms with van der Waals surface area (Å²) in [4.78, 5) is 22.4. The fraction of sp³-hybridized carbons (Fsp3) is 0.778. The zero-order chi connectivity index (χ0) is 14.6. The van der Waals surface area contributed by atoms with Crippen molar-refractivity contribution in [3.8, 4) is 0 Å². The highest BCUT2D eigenvalue weighted by Crippen LogP contribution is 2.44. The number of cyclic esters (lactones) is 3. The quantitative estimate of drug-likeness (QED) is 0.584. The molecule has 10 nitrogen and oxygen atoms in total. The third kappa shape index (κ3) is 1.81. The lowest BCUT2D eigenvalue weighted by atomic mass is 9.81. The predicted octanol–water partition coefficient (Wildman–Crippen LogP) is -0.522. The maximum absolute atomic E-state index is 11.4. The highest BCUT2D eigenvalue weighted by atomic mass is 32.3. The number of carbonyl (C=O) groups is 2. The zero-order valence-electron chi connectivity index (χ0n) is 10.2. The molecular formula is C9H10O10S. The standard InChI is InChI=1S/C9H10O10S/c1-8(5-2-16-20(12,13)19-5)9(18-7(11)17-8)3-14-6(10)15-4-9/h5H,2-4H2,1H3. The van der Waals surface area contributed by atoms with Crippen molar-refractivity contribution in [2.24, 2.45) is 0 Å². The first-order valence-corrected chi connectivity index (χ1v) is 6.89. The van der Waals surface area contributed by atoms with Crippen molar-refractivity contribution in [2.45, 2.75) is 24.2 Å². The Bertz CT molecular complexity index is 557. The van der Waals surface area contributed by atoms with Gasteiger partial charge in [0.1, 0.15) is 25.9 Å². The Morgan fingerprint density at radius 2 is 1.75 bits per heavy atom. The maximum Gasteiger partial charge on any atom is 0.510 e. The second kappa shape index (κ2) is 3.96. The summed E-state index contributed by atoms with van der Waals surface area (Å²) in [6.45, 7) is 0.364. The molecule has 0 aromatic rings. The normalized spacial score (nSPS) is 38.0. The fourth-order valence-corrected chi connectivity index (χ4v) is 3.15. The van der Waals surface area contributed by atoms with Gasteiger partial charge in [-0.2, -0.15) is 8.42 Å². The Labute approximate surface area is 113 Å². The van der Waals surface area contributed by atoms with E-state index < -0.39 is 40.0 Å². The van der Waals surface area contributed by atoms with Crippen LogP contribution in [0.15, 0.2) is 0 Å². The molecule has 2 unspecified atom stereocenters. The van der Waals surface area contributed by atoms with Crippen LogP contribution in [-0.2, 0) is 37.7 Å². The molecule has 0 aromatic carbocycles. The zero-order valence-corrected chi connectivity index (χ0v) is 11.0. The monoisotopic (exact) mass is 310 g/mol. The van der Waals surface area contributed by atoms with E-state index in [4.69, 9.17) is 23.1 Å². The van der Waals surface area contributed by atoms with Gasteiger partial charge in [0.05, 0.1) is 0 Å². The third-order valence-corrected chi connectivity index (χ3v) is 4.43. The van der Waals surface area contributed by atoms with Crippen molar-refractivity contribution in [1.82, 2.24) is 0 Å². The molecule has 0 radical (unpaired) electrons. The molecule has 0 amide bonds. The topological polar surface area (TPSA) is 124 Å². The molecule has 3 heterocycles. The molecule has 11 heteroatoms. The van der Waals surface area contributed by atoms with Gasteiger partial charge in [0, 0.05) is 0 Å². The summed E-state index contributed by atoms with van der Waals surface area (Å²) < 4.78 is 51.1. The van der Waals surface area contributed by atoms with E-state index in [2.05, 4.69) is 4.18 Å². The molecule has 0 N–H and O–H groups in total. The first kappa shape index (κ1) is 13.4. The molecule has 0 bridgehead atoms. The molecule has 3 rings (SSSR count). The van der Waals surface area contributed by atoms with Crippen LogP contribution in [-0.4, -0.2) is 57.9 Å². The van der Waals surface area contributed by atoms with Gasteiger partial charge in [0.2, 0.25) is 5.60 Å². The molecule has 3 saturated heterocycles. The summed E-state index contributed by atoms with van der Waals surface area (Å²) in [5, 5.41) is 0. The van der Waals surface area contributed by atoms with Gasteiger partial charge in [0.25, 0.3) is 0 Å². The minimum absolute atomic E-state index is 0.339. The van der Waals surface area contributed by atoms with Gasteiger partial charge in [-0.3, -0.25) is 0 Å². The molecule has 0 aliphatic carbocycles. The fourth-order valence-electron chi connectivity index (χ4n) is 2.28. The Morgan fingerprint density at radius 1 is 1.10 bits per heavy atom. The lowest BCUT2D eigenvalue weighted by Gasteiger charge is -2.40. The Morgan fingerprint density at radius 3 is 2.30 bits per heavy atom. The molecule has 112 valence electrons. The lowest BCUT2D eigenvalue weighted by molar-refractivity contribution is -0.171. The summed E-state index contributed by atoms with van der Waals surface area (Å²) >= 11 is 0. The van der Waals surface area contributed by atoms with Crippen LogP contribution in [0.3, 0.4) is 0 Å². The van der Waals surface area contributed by atoms with Gasteiger partial charge in [-0.1, -0.05) is 0 Å². The molecule has 20 heavy (non-hydrogen) atoms. The molecule has 1 spiro atoms. The number of rotatable bonds is 1. The third-order valence-electron chi connectivity index (χ3n) is 3.54. The van der Waals surface area contributed by atoms with Gasteiger partial charge in [-0.25, -0.2) is 18.0 Å². The van der Waals surface area contributed by atoms with Crippen LogP contribution in [0.1, 0.15) is 6.92 Å². The maximum atomic E-state index is 11.4. The number of ether oxygens (including phenoxy) is 4. The Hall–Kier alpha value is -1.59. The van der Waals surface area contributed by atoms with E-state index in [0.29, 0.717) is 0 Å². The van der Waals surface area contributed by atoms with Crippen LogP contribution in [0.5, 0.6) is 0 Å². The largest absolute Gasteiger partial charge is 0.510 e. The van der Waals surface area contributed by atoms with Crippen LogP contribution in [0.2, 0.25) is 0 Å².